The van der Waals surface area contributed by atoms with Crippen LogP contribution in [0.5, 0.6) is 5.75 Å². The molecule has 2 bridgehead atoms. The van der Waals surface area contributed by atoms with E-state index in [1.54, 1.807) is 20.8 Å². The molecule has 1 aromatic carbocycles. The molecule has 2 aliphatic rings. The van der Waals surface area contributed by atoms with Gasteiger partial charge in [-0.05, 0) is 70.1 Å². The summed E-state index contributed by atoms with van der Waals surface area (Å²) < 4.78 is 16.1. The highest BCUT2D eigenvalue weighted by Gasteiger charge is 2.31. The molecule has 10 nitrogen and oxygen atoms in total. The molecule has 10 heteroatoms. The normalized spacial score (nSPS) is 21.8. The number of methoxy groups -OCH3 is 1. The van der Waals surface area contributed by atoms with Crippen LogP contribution in [-0.4, -0.2) is 61.3 Å². The largest absolute Gasteiger partial charge is 0.494 e. The molecule has 212 valence electrons. The summed E-state index contributed by atoms with van der Waals surface area (Å²) in [5.41, 5.74) is 0.0446. The van der Waals surface area contributed by atoms with E-state index in [0.29, 0.717) is 31.6 Å². The summed E-state index contributed by atoms with van der Waals surface area (Å²) in [6, 6.07) is 4.58. The Morgan fingerprint density at radius 1 is 1.05 bits per heavy atom. The molecule has 2 aliphatic heterocycles. The Hall–Kier alpha value is -3.30. The summed E-state index contributed by atoms with van der Waals surface area (Å²) in [5, 5.41) is 8.20. The van der Waals surface area contributed by atoms with Crippen LogP contribution in [0.15, 0.2) is 24.3 Å². The van der Waals surface area contributed by atoms with Crippen LogP contribution in [0.25, 0.3) is 0 Å². The molecule has 0 aliphatic carbocycles. The van der Waals surface area contributed by atoms with Crippen molar-refractivity contribution in [1.82, 2.24) is 16.0 Å². The Morgan fingerprint density at radius 3 is 2.34 bits per heavy atom. The lowest BCUT2D eigenvalue weighted by atomic mass is 10.00. The summed E-state index contributed by atoms with van der Waals surface area (Å²) in [5.74, 6) is -0.777. The van der Waals surface area contributed by atoms with E-state index < -0.39 is 47.6 Å². The molecule has 0 fully saturated rings. The molecular weight excluding hydrogens is 490 g/mol. The number of carbonyl (C=O) groups is 4. The zero-order valence-corrected chi connectivity index (χ0v) is 23.4. The minimum atomic E-state index is -1.01. The summed E-state index contributed by atoms with van der Waals surface area (Å²) in [6.45, 7) is 9.57. The van der Waals surface area contributed by atoms with Gasteiger partial charge in [0.2, 0.25) is 11.8 Å². The van der Waals surface area contributed by atoms with Crippen molar-refractivity contribution in [3.63, 3.8) is 0 Å². The van der Waals surface area contributed by atoms with Crippen LogP contribution in [0.3, 0.4) is 0 Å². The van der Waals surface area contributed by atoms with Crippen molar-refractivity contribution < 1.29 is 33.4 Å². The molecule has 0 saturated heterocycles. The summed E-state index contributed by atoms with van der Waals surface area (Å²) >= 11 is 0. The van der Waals surface area contributed by atoms with Crippen LogP contribution < -0.4 is 20.7 Å². The quantitative estimate of drug-likeness (QED) is 0.506. The molecule has 3 N–H and O–H groups in total. The first-order valence-electron chi connectivity index (χ1n) is 13.3. The second-order valence-electron chi connectivity index (χ2n) is 11.0. The lowest BCUT2D eigenvalue weighted by Gasteiger charge is -2.27. The van der Waals surface area contributed by atoms with Crippen molar-refractivity contribution in [2.45, 2.75) is 96.9 Å². The highest BCUT2D eigenvalue weighted by Crippen LogP contribution is 2.16. The Balaban J connectivity index is 2.36. The second kappa shape index (κ2) is 14.6. The van der Waals surface area contributed by atoms with E-state index in [-0.39, 0.29) is 12.3 Å². The maximum Gasteiger partial charge on any atom is 0.408 e. The zero-order valence-electron chi connectivity index (χ0n) is 23.4. The monoisotopic (exact) mass is 533 g/mol. The summed E-state index contributed by atoms with van der Waals surface area (Å²) in [4.78, 5) is 51.7. The van der Waals surface area contributed by atoms with Crippen LogP contribution >= 0.6 is 0 Å². The van der Waals surface area contributed by atoms with E-state index in [4.69, 9.17) is 14.2 Å². The number of carbonyl (C=O) groups excluding carboxylic acids is 4. The van der Waals surface area contributed by atoms with Gasteiger partial charge in [0, 0.05) is 6.42 Å². The van der Waals surface area contributed by atoms with Crippen molar-refractivity contribution in [2.75, 3.05) is 13.7 Å². The number of fused-ring (bicyclic) bond motifs is 15. The van der Waals surface area contributed by atoms with Gasteiger partial charge < -0.3 is 30.2 Å². The minimum absolute atomic E-state index is 0.0743. The minimum Gasteiger partial charge on any atom is -0.494 e. The first-order valence-corrected chi connectivity index (χ1v) is 13.3. The third-order valence-electron chi connectivity index (χ3n) is 5.92. The van der Waals surface area contributed by atoms with Gasteiger partial charge in [0.1, 0.15) is 29.5 Å². The number of benzene rings is 1. The molecule has 0 radical (unpaired) electrons. The third-order valence-corrected chi connectivity index (χ3v) is 5.92. The van der Waals surface area contributed by atoms with Gasteiger partial charge >= 0.3 is 12.1 Å². The number of rotatable bonds is 4. The Labute approximate surface area is 225 Å². The molecule has 38 heavy (non-hydrogen) atoms. The highest BCUT2D eigenvalue weighted by molar-refractivity contribution is 5.93. The van der Waals surface area contributed by atoms with E-state index in [1.165, 1.54) is 7.11 Å². The Kier molecular flexibility index (Phi) is 11.9. The smallest absolute Gasteiger partial charge is 0.408 e. The average molecular weight is 534 g/mol. The van der Waals surface area contributed by atoms with Crippen LogP contribution in [0.4, 0.5) is 4.79 Å². The van der Waals surface area contributed by atoms with E-state index >= 15 is 0 Å². The molecule has 0 spiro atoms. The fraction of sp³-hybridized carbons (Fsp3) is 0.643. The summed E-state index contributed by atoms with van der Waals surface area (Å²) in [6.07, 6.45) is 2.46. The number of nitrogens with one attached hydrogen (secondary N) is 3. The molecule has 3 rings (SSSR count). The van der Waals surface area contributed by atoms with Gasteiger partial charge in [0.05, 0.1) is 13.7 Å². The fourth-order valence-corrected chi connectivity index (χ4v) is 4.07. The molecule has 3 atom stereocenters. The molecule has 2 heterocycles. The van der Waals surface area contributed by atoms with Crippen molar-refractivity contribution in [3.05, 3.63) is 29.8 Å². The van der Waals surface area contributed by atoms with E-state index in [0.717, 1.165) is 18.4 Å². The third kappa shape index (κ3) is 11.0. The number of hydrogen-bond donors (Lipinski definition) is 3. The molecule has 1 aromatic rings. The number of alkyl carbamates (subject to hydrolysis) is 1. The highest BCUT2D eigenvalue weighted by atomic mass is 16.6. The van der Waals surface area contributed by atoms with Crippen molar-refractivity contribution in [1.29, 1.82) is 0 Å². The van der Waals surface area contributed by atoms with Gasteiger partial charge in [-0.1, -0.05) is 32.4 Å². The maximum atomic E-state index is 13.4. The predicted octanol–water partition coefficient (Wildman–Crippen LogP) is 3.26. The van der Waals surface area contributed by atoms with Crippen LogP contribution in [0.1, 0.15) is 72.3 Å². The van der Waals surface area contributed by atoms with E-state index in [1.807, 2.05) is 38.1 Å². The first-order chi connectivity index (χ1) is 17.9. The van der Waals surface area contributed by atoms with Crippen LogP contribution in [0.2, 0.25) is 0 Å². The molecule has 3 amide bonds. The van der Waals surface area contributed by atoms with E-state index in [9.17, 15) is 19.2 Å². The lowest BCUT2D eigenvalue weighted by molar-refractivity contribution is -0.145. The Morgan fingerprint density at radius 2 is 1.74 bits per heavy atom. The van der Waals surface area contributed by atoms with Crippen molar-refractivity contribution in [3.8, 4) is 5.75 Å². The van der Waals surface area contributed by atoms with Gasteiger partial charge in [0.15, 0.2) is 0 Å². The predicted molar refractivity (Wildman–Crippen MR) is 143 cm³/mol. The maximum absolute atomic E-state index is 13.4. The Bertz CT molecular complexity index is 941. The first kappa shape index (κ1) is 30.9. The van der Waals surface area contributed by atoms with Gasteiger partial charge in [-0.3, -0.25) is 9.59 Å². The SMILES string of the molecule is COC(=O)[C@@H]1CCCCCOc2ccc(cc2)C[C@H](NC(=O)OC(C)(C)C)C(=O)N[C@@H](CC(C)C)C(=O)N1. The van der Waals surface area contributed by atoms with Gasteiger partial charge in [-0.25, -0.2) is 9.59 Å². The number of ether oxygens (including phenoxy) is 3. The molecule has 0 aromatic heterocycles. The van der Waals surface area contributed by atoms with Crippen molar-refractivity contribution in [2.24, 2.45) is 5.92 Å². The van der Waals surface area contributed by atoms with Gasteiger partial charge in [-0.15, -0.1) is 0 Å². The molecular formula is C28H43N3O7. The summed E-state index contributed by atoms with van der Waals surface area (Å²) in [7, 11) is 1.28. The zero-order chi connectivity index (χ0) is 28.3. The number of hydrogen-bond acceptors (Lipinski definition) is 7. The second-order valence-corrected chi connectivity index (χ2v) is 11.0. The molecule has 0 saturated carbocycles. The lowest BCUT2D eigenvalue weighted by Crippen LogP contribution is -2.56. The average Bonchev–Trinajstić information content (AvgIpc) is 2.82. The van der Waals surface area contributed by atoms with Gasteiger partial charge in [-0.2, -0.15) is 0 Å². The standard InChI is InChI=1S/C28H43N3O7/c1-18(2)16-22-24(32)29-21(26(34)36-6)10-8-7-9-15-37-20-13-11-19(12-14-20)17-23(25(33)30-22)31-27(35)38-28(3,4)5/h11-14,18,21-23H,7-10,15-17H2,1-6H3,(H,29,32)(H,30,33)(H,31,35)/t21-,22-,23-/m0/s1. The topological polar surface area (TPSA) is 132 Å². The van der Waals surface area contributed by atoms with Crippen LogP contribution in [-0.2, 0) is 30.3 Å². The molecule has 0 unspecified atom stereocenters. The van der Waals surface area contributed by atoms with Crippen molar-refractivity contribution >= 4 is 23.9 Å². The van der Waals surface area contributed by atoms with Gasteiger partial charge in [0.25, 0.3) is 0 Å². The number of amides is 3. The van der Waals surface area contributed by atoms with E-state index in [2.05, 4.69) is 16.0 Å². The van der Waals surface area contributed by atoms with Crippen LogP contribution in [0, 0.1) is 5.92 Å². The number of esters is 1. The fourth-order valence-electron chi connectivity index (χ4n) is 4.07.